The molecule has 0 saturated heterocycles. The molecule has 0 aliphatic carbocycles. The zero-order valence-electron chi connectivity index (χ0n) is 21.8. The molecule has 35 heavy (non-hydrogen) atoms. The van der Waals surface area contributed by atoms with E-state index >= 15 is 0 Å². The molecule has 7 unspecified atom stereocenters. The molecule has 192 valence electrons. The molecule has 0 fully saturated rings. The maximum absolute atomic E-state index is 13.3. The fourth-order valence-electron chi connectivity index (χ4n) is 4.35. The summed E-state index contributed by atoms with van der Waals surface area (Å²) in [6, 6.07) is 8.60. The van der Waals surface area contributed by atoms with Crippen molar-refractivity contribution >= 4 is 17.8 Å². The number of rotatable bonds is 3. The van der Waals surface area contributed by atoms with Gasteiger partial charge in [0.25, 0.3) is 0 Å². The highest BCUT2D eigenvalue weighted by molar-refractivity contribution is 5.91. The number of hydrogen-bond donors (Lipinski definition) is 1. The summed E-state index contributed by atoms with van der Waals surface area (Å²) in [5, 5.41) is 11.0. The van der Waals surface area contributed by atoms with E-state index in [9.17, 15) is 19.5 Å². The molecule has 1 N–H and O–H groups in total. The quantitative estimate of drug-likeness (QED) is 0.518. The van der Waals surface area contributed by atoms with Gasteiger partial charge in [0.1, 0.15) is 18.2 Å². The monoisotopic (exact) mass is 485 g/mol. The highest BCUT2D eigenvalue weighted by atomic mass is 16.5. The van der Waals surface area contributed by atoms with Gasteiger partial charge >= 0.3 is 11.9 Å². The van der Waals surface area contributed by atoms with Gasteiger partial charge in [-0.05, 0) is 31.1 Å². The van der Waals surface area contributed by atoms with Crippen molar-refractivity contribution in [3.05, 3.63) is 59.7 Å². The number of ether oxygens (including phenoxy) is 2. The Morgan fingerprint density at radius 3 is 2.31 bits per heavy atom. The molecular weight excluding hydrogens is 446 g/mol. The lowest BCUT2D eigenvalue weighted by Gasteiger charge is -2.31. The molecule has 0 aromatic heterocycles. The van der Waals surface area contributed by atoms with Gasteiger partial charge in [-0.1, -0.05) is 63.3 Å². The average Bonchev–Trinajstić information content (AvgIpc) is 2.82. The van der Waals surface area contributed by atoms with Crippen molar-refractivity contribution in [2.24, 2.45) is 17.8 Å². The van der Waals surface area contributed by atoms with Crippen molar-refractivity contribution in [1.82, 2.24) is 4.90 Å². The smallest absolute Gasteiger partial charge is 0.329 e. The first-order valence-corrected chi connectivity index (χ1v) is 12.1. The van der Waals surface area contributed by atoms with Crippen molar-refractivity contribution in [2.45, 2.75) is 72.3 Å². The van der Waals surface area contributed by atoms with Crippen LogP contribution in [0.1, 0.15) is 47.1 Å². The van der Waals surface area contributed by atoms with Crippen LogP contribution in [0.5, 0.6) is 0 Å². The minimum Gasteiger partial charge on any atom is -0.461 e. The van der Waals surface area contributed by atoms with Gasteiger partial charge in [0.15, 0.2) is 0 Å². The molecule has 1 amide bonds. The summed E-state index contributed by atoms with van der Waals surface area (Å²) in [5.41, 5.74) is 1.67. The van der Waals surface area contributed by atoms with Crippen LogP contribution < -0.4 is 0 Å². The molecule has 1 aromatic carbocycles. The molecule has 7 nitrogen and oxygen atoms in total. The van der Waals surface area contributed by atoms with Crippen LogP contribution in [0.25, 0.3) is 0 Å². The third-order valence-corrected chi connectivity index (χ3v) is 6.77. The van der Waals surface area contributed by atoms with E-state index < -0.39 is 36.3 Å². The van der Waals surface area contributed by atoms with Gasteiger partial charge in [-0.2, -0.15) is 0 Å². The third kappa shape index (κ3) is 7.79. The van der Waals surface area contributed by atoms with E-state index in [1.807, 2.05) is 64.1 Å². The number of carbonyl (C=O) groups excluding carboxylic acids is 3. The molecule has 7 heteroatoms. The molecular formula is C28H39NO6. The number of aliphatic hydroxyl groups excluding tert-OH is 1. The highest BCUT2D eigenvalue weighted by Gasteiger charge is 2.33. The fourth-order valence-corrected chi connectivity index (χ4v) is 4.35. The largest absolute Gasteiger partial charge is 0.461 e. The summed E-state index contributed by atoms with van der Waals surface area (Å²) in [7, 11) is 1.57. The van der Waals surface area contributed by atoms with Crippen LogP contribution >= 0.6 is 0 Å². The Kier molecular flexibility index (Phi) is 10.3. The summed E-state index contributed by atoms with van der Waals surface area (Å²) < 4.78 is 11.3. The Morgan fingerprint density at radius 2 is 1.71 bits per heavy atom. The standard InChI is InChI=1S/C28H39NO6/c1-17-13-14-25(31)29(7)24(16-23-11-9-8-10-12-23)28(33)34-21(5)20(4)26(32)18(2)15-19(3)27(17)35-22(6)30/h8-15,17-18,20-21,24,26-27,32H,16H2,1-7H3. The van der Waals surface area contributed by atoms with E-state index in [1.165, 1.54) is 17.9 Å². The van der Waals surface area contributed by atoms with Gasteiger partial charge in [-0.3, -0.25) is 9.59 Å². The van der Waals surface area contributed by atoms with Crippen LogP contribution in [-0.2, 0) is 30.3 Å². The summed E-state index contributed by atoms with van der Waals surface area (Å²) >= 11 is 0. The number of likely N-dealkylation sites (N-methyl/N-ethyl adjacent to an activating group) is 1. The summed E-state index contributed by atoms with van der Waals surface area (Å²) in [6.45, 7) is 10.5. The summed E-state index contributed by atoms with van der Waals surface area (Å²) in [5.74, 6) is -2.27. The molecule has 1 aliphatic heterocycles. The van der Waals surface area contributed by atoms with E-state index in [1.54, 1.807) is 20.0 Å². The second-order valence-corrected chi connectivity index (χ2v) is 9.66. The van der Waals surface area contributed by atoms with Gasteiger partial charge < -0.3 is 19.5 Å². The lowest BCUT2D eigenvalue weighted by atomic mass is 9.87. The Bertz CT molecular complexity index is 940. The molecule has 0 spiro atoms. The maximum atomic E-state index is 13.3. The van der Waals surface area contributed by atoms with E-state index in [0.29, 0.717) is 6.42 Å². The predicted molar refractivity (Wildman–Crippen MR) is 134 cm³/mol. The predicted octanol–water partition coefficient (Wildman–Crippen LogP) is 3.70. The number of cyclic esters (lactones) is 1. The fraction of sp³-hybridized carbons (Fsp3) is 0.536. The van der Waals surface area contributed by atoms with Crippen LogP contribution in [0.15, 0.2) is 54.1 Å². The Morgan fingerprint density at radius 1 is 1.09 bits per heavy atom. The van der Waals surface area contributed by atoms with Gasteiger partial charge in [-0.15, -0.1) is 0 Å². The minimum atomic E-state index is -0.844. The molecule has 0 saturated carbocycles. The Hall–Kier alpha value is -2.93. The van der Waals surface area contributed by atoms with Crippen molar-refractivity contribution in [3.8, 4) is 0 Å². The van der Waals surface area contributed by atoms with Crippen molar-refractivity contribution in [1.29, 1.82) is 0 Å². The van der Waals surface area contributed by atoms with Gasteiger partial charge in [-0.25, -0.2) is 4.79 Å². The van der Waals surface area contributed by atoms with Gasteiger partial charge in [0.2, 0.25) is 5.91 Å². The first kappa shape index (κ1) is 28.3. The van der Waals surface area contributed by atoms with Crippen molar-refractivity contribution < 1.29 is 29.0 Å². The van der Waals surface area contributed by atoms with Crippen LogP contribution in [-0.4, -0.2) is 59.3 Å². The zero-order valence-corrected chi connectivity index (χ0v) is 21.8. The number of hydrogen-bond acceptors (Lipinski definition) is 6. The number of esters is 2. The number of aliphatic hydroxyl groups is 1. The van der Waals surface area contributed by atoms with Crippen molar-refractivity contribution in [2.75, 3.05) is 7.05 Å². The minimum absolute atomic E-state index is 0.282. The van der Waals surface area contributed by atoms with Gasteiger partial charge in [0.05, 0.1) is 6.10 Å². The van der Waals surface area contributed by atoms with Crippen LogP contribution in [0.2, 0.25) is 0 Å². The summed E-state index contributed by atoms with van der Waals surface area (Å²) in [6.07, 6.45) is 3.28. The summed E-state index contributed by atoms with van der Waals surface area (Å²) in [4.78, 5) is 39.5. The van der Waals surface area contributed by atoms with E-state index in [4.69, 9.17) is 9.47 Å². The number of benzene rings is 1. The lowest BCUT2D eigenvalue weighted by Crippen LogP contribution is -2.46. The second-order valence-electron chi connectivity index (χ2n) is 9.66. The number of amides is 1. The maximum Gasteiger partial charge on any atom is 0.329 e. The number of nitrogens with zero attached hydrogens (tertiary/aromatic N) is 1. The van der Waals surface area contributed by atoms with Crippen LogP contribution in [0.4, 0.5) is 0 Å². The van der Waals surface area contributed by atoms with E-state index in [-0.39, 0.29) is 23.7 Å². The zero-order chi connectivity index (χ0) is 26.3. The van der Waals surface area contributed by atoms with E-state index in [2.05, 4.69) is 0 Å². The third-order valence-electron chi connectivity index (χ3n) is 6.77. The van der Waals surface area contributed by atoms with Gasteiger partial charge in [0, 0.05) is 38.1 Å². The van der Waals surface area contributed by atoms with E-state index in [0.717, 1.165) is 11.1 Å². The lowest BCUT2D eigenvalue weighted by molar-refractivity contribution is -0.161. The van der Waals surface area contributed by atoms with Crippen molar-refractivity contribution in [3.63, 3.8) is 0 Å². The van der Waals surface area contributed by atoms with Crippen LogP contribution in [0, 0.1) is 17.8 Å². The average molecular weight is 486 g/mol. The molecule has 1 aliphatic rings. The highest BCUT2D eigenvalue weighted by Crippen LogP contribution is 2.26. The SMILES string of the molecule is CC(=O)OC1C(C)=CC(C)C(O)C(C)C(C)OC(=O)C(Cc2ccccc2)N(C)C(=O)C=CC1C. The molecule has 0 radical (unpaired) electrons. The Labute approximate surface area is 208 Å². The Balaban J connectivity index is 2.49. The number of carbonyl (C=O) groups is 3. The first-order valence-electron chi connectivity index (χ1n) is 12.1. The molecule has 1 heterocycles. The topological polar surface area (TPSA) is 93.1 Å². The molecule has 7 atom stereocenters. The molecule has 0 bridgehead atoms. The first-order chi connectivity index (χ1) is 16.4. The molecule has 1 aromatic rings. The molecule has 2 rings (SSSR count). The normalized spacial score (nSPS) is 31.1. The van der Waals surface area contributed by atoms with Crippen LogP contribution in [0.3, 0.4) is 0 Å². The second kappa shape index (κ2) is 12.7.